The van der Waals surface area contributed by atoms with Crippen molar-refractivity contribution in [3.8, 4) is 44.6 Å². The number of carbonyl (C=O) groups is 1. The second-order valence-electron chi connectivity index (χ2n) is 30.9. The van der Waals surface area contributed by atoms with Gasteiger partial charge in [-0.25, -0.2) is 39.9 Å². The summed E-state index contributed by atoms with van der Waals surface area (Å²) in [5.74, 6) is 2.57. The zero-order valence-corrected chi connectivity index (χ0v) is 79.0. The topological polar surface area (TPSA) is 178 Å². The molecule has 614 valence electrons. The SMILES string of the molecule is Brc1cnc2nc(-c3ccccc3Br)cn2c1.Brc1cnc2nc3c4ccccc4sc3n2c1.CC1(C)OB(c2c3ccccc3c(-c3cccc4ccccc34)c3ccccc23)OC1(C)C.Nc1ncc(Br)cn1.O=C(CBr)c1ccccc1Br.c1ccc2c(-c3c4ccccc4c(-c4cnc5nc6c7ccccc7sc6n5c4)c4ccccc34)cccc2c1. The van der Waals surface area contributed by atoms with Crippen LogP contribution in [0.4, 0.5) is 5.95 Å². The van der Waals surface area contributed by atoms with E-state index in [4.69, 9.17) is 25.0 Å². The number of carbonyl (C=O) groups excluding carboxylic acids is 1. The smallest absolute Gasteiger partial charge is 0.399 e. The molecule has 0 bridgehead atoms. The Balaban J connectivity index is 0.000000107. The van der Waals surface area contributed by atoms with Crippen LogP contribution in [0.1, 0.15) is 38.1 Å². The first kappa shape index (κ1) is 83.9. The molecule has 0 aliphatic carbocycles. The van der Waals surface area contributed by atoms with Gasteiger partial charge in [0.25, 0.3) is 0 Å². The number of benzene rings is 14. The van der Waals surface area contributed by atoms with Crippen LogP contribution < -0.4 is 11.2 Å². The third-order valence-electron chi connectivity index (χ3n) is 22.7. The number of imidazole rings is 3. The second kappa shape index (κ2) is 35.6. The standard InChI is InChI=1S/C36H21N3S.C30H27BO2.C12H7Br2N3.C12H6BrN3S.C8H6Br2O.C4H4BrN3/c1-2-12-24-22(10-1)11-9-18-25(24)33-28-15-5-3-13-26(28)32(27-14-4-6-16-29(27)33)23-20-37-36-38-34-30-17-7-8-19-31(30)40-35(34)39(36)21-23;1-29(2)30(3,4)33-31(32-29)28-25-17-9-7-15-23(25)27(24-16-8-10-18-26(24)28)22-19-11-13-20-12-5-6-14-21(20)22;13-8-5-15-12-16-11(7-17(12)6-8)9-3-1-2-4-10(9)14;13-7-5-14-12-15-10-8-3-1-2-4-9(8)17-11(10)16(12)6-7;9-5-8(11)6-3-1-2-4-7(6)10;5-3-1-7-4(6)8-2-3/h1-21H;5-19H,1-4H3;1-7H;1-6H;1-4H,5H2;1-2H,(H2,6,7,8). The molecule has 0 unspecified atom stereocenters. The molecule has 24 heteroatoms. The van der Waals surface area contributed by atoms with Crippen molar-refractivity contribution in [1.29, 1.82) is 0 Å². The lowest BCUT2D eigenvalue weighted by molar-refractivity contribution is 0.00578. The van der Waals surface area contributed by atoms with Gasteiger partial charge in [-0.05, 0) is 192 Å². The molecule has 2 N–H and O–H groups in total. The highest BCUT2D eigenvalue weighted by Crippen LogP contribution is 2.48. The van der Waals surface area contributed by atoms with Crippen molar-refractivity contribution < 1.29 is 14.1 Å². The van der Waals surface area contributed by atoms with Crippen molar-refractivity contribution in [3.05, 3.63) is 363 Å². The van der Waals surface area contributed by atoms with Crippen LogP contribution in [0.15, 0.2) is 357 Å². The number of nitrogens with two attached hydrogens (primary N) is 1. The summed E-state index contributed by atoms with van der Waals surface area (Å²) in [5.41, 5.74) is 17.6. The Labute approximate surface area is 782 Å². The average molecular weight is 2070 g/mol. The molecule has 1 saturated heterocycles. The second-order valence-corrected chi connectivity index (χ2v) is 38.0. The molecule has 1 fully saturated rings. The summed E-state index contributed by atoms with van der Waals surface area (Å²) in [6.07, 6.45) is 16.8. The highest BCUT2D eigenvalue weighted by atomic mass is 79.9. The lowest BCUT2D eigenvalue weighted by Gasteiger charge is -2.32. The van der Waals surface area contributed by atoms with E-state index in [0.717, 1.165) is 82.5 Å². The molecule has 14 aromatic carbocycles. The van der Waals surface area contributed by atoms with Crippen LogP contribution in [0.5, 0.6) is 0 Å². The number of nitrogen functional groups attached to an aromatic ring is 1. The van der Waals surface area contributed by atoms with E-state index in [9.17, 15) is 4.79 Å². The number of halogens is 6. The number of fused-ring (bicyclic) bond motifs is 17. The van der Waals surface area contributed by atoms with Gasteiger partial charge in [-0.2, -0.15) is 0 Å². The van der Waals surface area contributed by atoms with E-state index < -0.39 is 18.3 Å². The van der Waals surface area contributed by atoms with Crippen molar-refractivity contribution in [2.24, 2.45) is 0 Å². The molecule has 1 aliphatic heterocycles. The zero-order valence-electron chi connectivity index (χ0n) is 67.8. The summed E-state index contributed by atoms with van der Waals surface area (Å²) in [4.78, 5) is 48.2. The monoisotopic (exact) mass is 2060 g/mol. The number of hydrogen-bond acceptors (Lipinski definition) is 14. The lowest BCUT2D eigenvalue weighted by atomic mass is 9.71. The van der Waals surface area contributed by atoms with Crippen molar-refractivity contribution in [2.45, 2.75) is 38.9 Å². The minimum atomic E-state index is -0.425. The fourth-order valence-corrected chi connectivity index (χ4v) is 20.6. The van der Waals surface area contributed by atoms with Crippen LogP contribution >= 0.6 is 118 Å². The predicted octanol–water partition coefficient (Wildman–Crippen LogP) is 28.6. The maximum atomic E-state index is 11.2. The number of thiophene rings is 2. The van der Waals surface area contributed by atoms with Crippen LogP contribution in [0.25, 0.3) is 167 Å². The third-order valence-corrected chi connectivity index (χ3v) is 28.1. The quantitative estimate of drug-likeness (QED) is 0.0692. The highest BCUT2D eigenvalue weighted by Gasteiger charge is 2.52. The maximum Gasteiger partial charge on any atom is 0.496 e. The first-order valence-corrected chi connectivity index (χ1v) is 47.0. The van der Waals surface area contributed by atoms with Crippen LogP contribution in [0.2, 0.25) is 0 Å². The van der Waals surface area contributed by atoms with Gasteiger partial charge >= 0.3 is 7.12 Å². The molecule has 9 aromatic heterocycles. The fourth-order valence-electron chi connectivity index (χ4n) is 16.2. The van der Waals surface area contributed by atoms with Gasteiger partial charge < -0.3 is 15.0 Å². The number of rotatable bonds is 7. The maximum absolute atomic E-state index is 11.2. The largest absolute Gasteiger partial charge is 0.496 e. The van der Waals surface area contributed by atoms with E-state index in [-0.39, 0.29) is 5.78 Å². The van der Waals surface area contributed by atoms with E-state index in [0.29, 0.717) is 17.1 Å². The number of alkyl halides is 1. The van der Waals surface area contributed by atoms with E-state index in [1.165, 1.54) is 113 Å². The van der Waals surface area contributed by atoms with Crippen molar-refractivity contribution in [2.75, 3.05) is 11.1 Å². The first-order chi connectivity index (χ1) is 61.3. The van der Waals surface area contributed by atoms with E-state index >= 15 is 0 Å². The number of nitrogens with zero attached hydrogens (tertiary/aromatic N) is 11. The van der Waals surface area contributed by atoms with Crippen LogP contribution in [0.3, 0.4) is 0 Å². The molecule has 0 saturated carbocycles. The van der Waals surface area contributed by atoms with E-state index in [1.54, 1.807) is 53.5 Å². The zero-order chi connectivity index (χ0) is 86.5. The molecule has 24 rings (SSSR count). The summed E-state index contributed by atoms with van der Waals surface area (Å²) in [5, 5.41) is 17.5. The van der Waals surface area contributed by atoms with Crippen molar-refractivity contribution in [3.63, 3.8) is 0 Å². The number of hydrogen-bond donors (Lipinski definition) is 1. The van der Waals surface area contributed by atoms with Gasteiger partial charge in [-0.3, -0.25) is 18.0 Å². The molecule has 0 spiro atoms. The first-order valence-electron chi connectivity index (χ1n) is 40.3. The van der Waals surface area contributed by atoms with E-state index in [1.807, 2.05) is 82.1 Å². The Morgan fingerprint density at radius 1 is 0.381 bits per heavy atom. The molecular weight excluding hydrogens is 2000 g/mol. The van der Waals surface area contributed by atoms with Gasteiger partial charge in [0.2, 0.25) is 23.3 Å². The lowest BCUT2D eigenvalue weighted by Crippen LogP contribution is -2.41. The Bertz CT molecular complexity index is 8000. The molecular formula is C102H71BBr6N12O3S2. The van der Waals surface area contributed by atoms with E-state index in [2.05, 4.69) is 388 Å². The summed E-state index contributed by atoms with van der Waals surface area (Å²) >= 11 is 23.5. The summed E-state index contributed by atoms with van der Waals surface area (Å²) in [6, 6.07) is 97.6. The molecule has 15 nitrogen and oxygen atoms in total. The van der Waals surface area contributed by atoms with Crippen LogP contribution in [0, 0.1) is 0 Å². The van der Waals surface area contributed by atoms with Crippen molar-refractivity contribution in [1.82, 2.24) is 53.1 Å². The molecule has 23 aromatic rings. The molecule has 126 heavy (non-hydrogen) atoms. The van der Waals surface area contributed by atoms with Crippen molar-refractivity contribution >= 4 is 265 Å². The van der Waals surface area contributed by atoms with Gasteiger partial charge in [-0.15, -0.1) is 22.7 Å². The minimum Gasteiger partial charge on any atom is -0.399 e. The average Bonchev–Trinajstić information content (AvgIpc) is 1.02. The van der Waals surface area contributed by atoms with Gasteiger partial charge in [0.15, 0.2) is 5.78 Å². The number of ketones is 1. The Hall–Kier alpha value is -11.6. The van der Waals surface area contributed by atoms with Crippen LogP contribution in [-0.4, -0.2) is 82.5 Å². The molecule has 10 heterocycles. The summed E-state index contributed by atoms with van der Waals surface area (Å²) in [6.45, 7) is 8.45. The highest BCUT2D eigenvalue weighted by molar-refractivity contribution is 9.11. The summed E-state index contributed by atoms with van der Waals surface area (Å²) < 4.78 is 26.3. The molecule has 1 aliphatic rings. The fraction of sp³-hybridized carbons (Fsp3) is 0.0686. The minimum absolute atomic E-state index is 0.0949. The Kier molecular flexibility index (Phi) is 23.7. The van der Waals surface area contributed by atoms with Gasteiger partial charge in [0.05, 0.1) is 35.6 Å². The van der Waals surface area contributed by atoms with Crippen LogP contribution in [-0.2, 0) is 9.31 Å². The normalized spacial score (nSPS) is 12.8. The third kappa shape index (κ3) is 16.3. The number of anilines is 1. The Morgan fingerprint density at radius 2 is 0.770 bits per heavy atom. The predicted molar refractivity (Wildman–Crippen MR) is 543 cm³/mol. The molecule has 0 atom stereocenters. The van der Waals surface area contributed by atoms with Gasteiger partial charge in [-0.1, -0.05) is 303 Å². The number of Topliss-reactive ketones (excluding diaryl/α,β-unsaturated/α-hetero) is 1. The Morgan fingerprint density at radius 3 is 1.27 bits per heavy atom. The molecule has 0 radical (unpaired) electrons. The van der Waals surface area contributed by atoms with Gasteiger partial charge in [0, 0.05) is 107 Å². The molecule has 0 amide bonds. The van der Waals surface area contributed by atoms with Gasteiger partial charge in [0.1, 0.15) is 20.7 Å². The summed E-state index contributed by atoms with van der Waals surface area (Å²) in [7, 11) is -0.425. The number of aromatic nitrogens is 11.